The maximum absolute atomic E-state index is 12.8. The number of rotatable bonds is 3. The van der Waals surface area contributed by atoms with Gasteiger partial charge in [0.15, 0.2) is 5.58 Å². The first-order valence-electron chi connectivity index (χ1n) is 9.24. The van der Waals surface area contributed by atoms with Crippen molar-refractivity contribution in [3.63, 3.8) is 0 Å². The Morgan fingerprint density at radius 1 is 1.08 bits per heavy atom. The van der Waals surface area contributed by atoms with Crippen LogP contribution in [0.5, 0.6) is 0 Å². The van der Waals surface area contributed by atoms with Gasteiger partial charge in [-0.15, -0.1) is 0 Å². The van der Waals surface area contributed by atoms with Crippen molar-refractivity contribution in [1.29, 1.82) is 0 Å². The highest BCUT2D eigenvalue weighted by Crippen LogP contribution is 2.28. The zero-order chi connectivity index (χ0) is 18.1. The van der Waals surface area contributed by atoms with Crippen LogP contribution in [-0.2, 0) is 9.59 Å². The maximum Gasteiger partial charge on any atom is 0.308 e. The number of amides is 1. The molecule has 2 saturated heterocycles. The number of likely N-dealkylation sites (tertiary alicyclic amines) is 1. The first-order valence-corrected chi connectivity index (χ1v) is 9.24. The lowest BCUT2D eigenvalue weighted by Crippen LogP contribution is -2.47. The summed E-state index contributed by atoms with van der Waals surface area (Å²) in [5.41, 5.74) is 1.61. The first-order chi connectivity index (χ1) is 12.6. The number of piperidine rings is 2. The second-order valence-electron chi connectivity index (χ2n) is 7.19. The normalized spacial score (nSPS) is 21.9. The van der Waals surface area contributed by atoms with Gasteiger partial charge in [0, 0.05) is 32.1 Å². The fourth-order valence-corrected chi connectivity index (χ4v) is 3.95. The number of para-hydroxylation sites is 2. The van der Waals surface area contributed by atoms with Crippen LogP contribution in [0, 0.1) is 11.8 Å². The van der Waals surface area contributed by atoms with Crippen LogP contribution in [0.4, 0.5) is 6.01 Å². The van der Waals surface area contributed by atoms with Crippen LogP contribution in [0.2, 0.25) is 0 Å². The molecule has 2 fully saturated rings. The molecule has 3 heterocycles. The number of fused-ring (bicyclic) bond motifs is 1. The summed E-state index contributed by atoms with van der Waals surface area (Å²) in [6.45, 7) is 2.46. The SMILES string of the molecule is O=C(O)[C@H]1CCCN(C(=O)C2CCN(c3nc4ccccc4o3)CC2)C1. The van der Waals surface area contributed by atoms with Crippen LogP contribution in [0.1, 0.15) is 25.7 Å². The van der Waals surface area contributed by atoms with Crippen LogP contribution in [0.3, 0.4) is 0 Å². The Kier molecular flexibility index (Phi) is 4.53. The number of carbonyl (C=O) groups is 2. The van der Waals surface area contributed by atoms with Crippen LogP contribution >= 0.6 is 0 Å². The quantitative estimate of drug-likeness (QED) is 0.907. The number of oxazole rings is 1. The number of carbonyl (C=O) groups excluding carboxylic acids is 1. The van der Waals surface area contributed by atoms with Crippen molar-refractivity contribution in [2.75, 3.05) is 31.1 Å². The summed E-state index contributed by atoms with van der Waals surface area (Å²) in [5.74, 6) is -1.16. The van der Waals surface area contributed by atoms with Crippen molar-refractivity contribution in [1.82, 2.24) is 9.88 Å². The number of aliphatic carboxylic acids is 1. The molecule has 0 aliphatic carbocycles. The zero-order valence-electron chi connectivity index (χ0n) is 14.6. The molecule has 0 radical (unpaired) electrons. The molecule has 2 aromatic rings. The number of carboxylic acids is 1. The molecule has 4 rings (SSSR count). The smallest absolute Gasteiger partial charge is 0.308 e. The van der Waals surface area contributed by atoms with E-state index in [0.29, 0.717) is 25.5 Å². The number of hydrogen-bond donors (Lipinski definition) is 1. The molecule has 0 bridgehead atoms. The van der Waals surface area contributed by atoms with Crippen molar-refractivity contribution >= 4 is 29.0 Å². The van der Waals surface area contributed by atoms with Crippen molar-refractivity contribution in [3.8, 4) is 0 Å². The summed E-state index contributed by atoms with van der Waals surface area (Å²) < 4.78 is 5.81. The molecule has 0 unspecified atom stereocenters. The van der Waals surface area contributed by atoms with Gasteiger partial charge in [-0.3, -0.25) is 9.59 Å². The van der Waals surface area contributed by atoms with E-state index in [1.807, 2.05) is 24.3 Å². The third-order valence-corrected chi connectivity index (χ3v) is 5.48. The number of nitrogens with zero attached hydrogens (tertiary/aromatic N) is 3. The maximum atomic E-state index is 12.8. The van der Waals surface area contributed by atoms with Crippen LogP contribution in [-0.4, -0.2) is 53.0 Å². The Morgan fingerprint density at radius 3 is 2.58 bits per heavy atom. The molecule has 1 aromatic heterocycles. The Morgan fingerprint density at radius 2 is 1.85 bits per heavy atom. The van der Waals surface area contributed by atoms with Gasteiger partial charge in [-0.1, -0.05) is 12.1 Å². The molecule has 2 aliphatic heterocycles. The topological polar surface area (TPSA) is 86.9 Å². The molecule has 1 amide bonds. The summed E-state index contributed by atoms with van der Waals surface area (Å²) in [4.78, 5) is 32.4. The summed E-state index contributed by atoms with van der Waals surface area (Å²) >= 11 is 0. The standard InChI is InChI=1S/C19H23N3O4/c23-17(22-9-3-4-14(12-22)18(24)25)13-7-10-21(11-8-13)19-20-15-5-1-2-6-16(15)26-19/h1-2,5-6,13-14H,3-4,7-12H2,(H,24,25)/t14-/m0/s1. The van der Waals surface area contributed by atoms with Gasteiger partial charge in [0.25, 0.3) is 6.01 Å². The van der Waals surface area contributed by atoms with Crippen LogP contribution < -0.4 is 4.90 Å². The number of aromatic nitrogens is 1. The first kappa shape index (κ1) is 16.9. The van der Waals surface area contributed by atoms with E-state index < -0.39 is 11.9 Å². The molecule has 1 atom stereocenters. The summed E-state index contributed by atoms with van der Waals surface area (Å²) in [5, 5.41) is 9.21. The molecule has 138 valence electrons. The Hall–Kier alpha value is -2.57. The molecule has 2 aliphatic rings. The van der Waals surface area contributed by atoms with Gasteiger partial charge < -0.3 is 19.3 Å². The highest BCUT2D eigenvalue weighted by Gasteiger charge is 2.34. The summed E-state index contributed by atoms with van der Waals surface area (Å²) in [7, 11) is 0. The lowest BCUT2D eigenvalue weighted by molar-refractivity contribution is -0.147. The van der Waals surface area contributed by atoms with E-state index in [9.17, 15) is 14.7 Å². The van der Waals surface area contributed by atoms with E-state index in [4.69, 9.17) is 4.42 Å². The van der Waals surface area contributed by atoms with Crippen molar-refractivity contribution in [2.45, 2.75) is 25.7 Å². The number of carboxylic acid groups (broad SMARTS) is 1. The number of anilines is 1. The van der Waals surface area contributed by atoms with Gasteiger partial charge in [-0.05, 0) is 37.8 Å². The lowest BCUT2D eigenvalue weighted by atomic mass is 9.92. The van der Waals surface area contributed by atoms with Gasteiger partial charge in [0.2, 0.25) is 5.91 Å². The molecular weight excluding hydrogens is 334 g/mol. The predicted molar refractivity (Wildman–Crippen MR) is 95.9 cm³/mol. The highest BCUT2D eigenvalue weighted by molar-refractivity contribution is 5.80. The Labute approximate surface area is 151 Å². The third kappa shape index (κ3) is 3.25. The molecule has 1 N–H and O–H groups in total. The summed E-state index contributed by atoms with van der Waals surface area (Å²) in [6.07, 6.45) is 2.91. The fourth-order valence-electron chi connectivity index (χ4n) is 3.95. The van der Waals surface area contributed by atoms with Crippen molar-refractivity contribution < 1.29 is 19.1 Å². The second kappa shape index (κ2) is 6.97. The predicted octanol–water partition coefficient (Wildman–Crippen LogP) is 2.37. The minimum Gasteiger partial charge on any atom is -0.481 e. The van der Waals surface area contributed by atoms with E-state index >= 15 is 0 Å². The van der Waals surface area contributed by atoms with Crippen LogP contribution in [0.25, 0.3) is 11.1 Å². The molecule has 1 aromatic carbocycles. The van der Waals surface area contributed by atoms with Gasteiger partial charge in [-0.25, -0.2) is 0 Å². The van der Waals surface area contributed by atoms with Crippen molar-refractivity contribution in [2.24, 2.45) is 11.8 Å². The molecule has 26 heavy (non-hydrogen) atoms. The molecule has 7 heteroatoms. The number of hydrogen-bond acceptors (Lipinski definition) is 5. The van der Waals surface area contributed by atoms with Gasteiger partial charge >= 0.3 is 5.97 Å². The highest BCUT2D eigenvalue weighted by atomic mass is 16.4. The van der Waals surface area contributed by atoms with E-state index in [2.05, 4.69) is 9.88 Å². The van der Waals surface area contributed by atoms with Gasteiger partial charge in [-0.2, -0.15) is 4.98 Å². The minimum absolute atomic E-state index is 0.0387. The Balaban J connectivity index is 1.37. The lowest BCUT2D eigenvalue weighted by Gasteiger charge is -2.36. The van der Waals surface area contributed by atoms with E-state index in [0.717, 1.165) is 43.5 Å². The summed E-state index contributed by atoms with van der Waals surface area (Å²) in [6, 6.07) is 8.29. The monoisotopic (exact) mass is 357 g/mol. The van der Waals surface area contributed by atoms with E-state index in [1.165, 1.54) is 0 Å². The van der Waals surface area contributed by atoms with Gasteiger partial charge in [0.05, 0.1) is 5.92 Å². The molecule has 0 saturated carbocycles. The average Bonchev–Trinajstić information content (AvgIpc) is 3.12. The van der Waals surface area contributed by atoms with E-state index in [-0.39, 0.29) is 11.8 Å². The minimum atomic E-state index is -0.798. The fraction of sp³-hybridized carbons (Fsp3) is 0.526. The van der Waals surface area contributed by atoms with E-state index in [1.54, 1.807) is 4.90 Å². The molecule has 0 spiro atoms. The largest absolute Gasteiger partial charge is 0.481 e. The van der Waals surface area contributed by atoms with Gasteiger partial charge in [0.1, 0.15) is 5.52 Å². The second-order valence-corrected chi connectivity index (χ2v) is 7.19. The Bertz CT molecular complexity index is 777. The average molecular weight is 357 g/mol. The van der Waals surface area contributed by atoms with Crippen molar-refractivity contribution in [3.05, 3.63) is 24.3 Å². The molecular formula is C19H23N3O4. The van der Waals surface area contributed by atoms with Crippen LogP contribution in [0.15, 0.2) is 28.7 Å². The number of benzene rings is 1. The third-order valence-electron chi connectivity index (χ3n) is 5.48. The molecule has 7 nitrogen and oxygen atoms in total. The zero-order valence-corrected chi connectivity index (χ0v) is 14.6.